The average molecular weight is 292 g/mol. The monoisotopic (exact) mass is 292 g/mol. The molecule has 0 saturated carbocycles. The molecule has 2 rings (SSSR count). The molecule has 1 unspecified atom stereocenters. The molecular formula is C15H20N2O2S. The molecule has 2 amide bonds. The predicted molar refractivity (Wildman–Crippen MR) is 80.6 cm³/mol. The van der Waals surface area contributed by atoms with Crippen molar-refractivity contribution in [2.24, 2.45) is 0 Å². The number of thioether (sulfide) groups is 1. The Hall–Kier alpha value is -1.49. The van der Waals surface area contributed by atoms with Crippen molar-refractivity contribution in [3.05, 3.63) is 30.3 Å². The summed E-state index contributed by atoms with van der Waals surface area (Å²) < 4.78 is 0. The maximum absolute atomic E-state index is 12.1. The first-order chi connectivity index (χ1) is 9.66. The van der Waals surface area contributed by atoms with Crippen LogP contribution in [0.2, 0.25) is 0 Å². The number of likely N-dealkylation sites (tertiary alicyclic amines) is 1. The van der Waals surface area contributed by atoms with Crippen molar-refractivity contribution < 1.29 is 9.59 Å². The van der Waals surface area contributed by atoms with Gasteiger partial charge in [-0.05, 0) is 31.4 Å². The van der Waals surface area contributed by atoms with E-state index in [4.69, 9.17) is 0 Å². The molecule has 0 spiro atoms. The van der Waals surface area contributed by atoms with Crippen LogP contribution in [-0.2, 0) is 9.59 Å². The number of carbonyl (C=O) groups excluding carboxylic acids is 2. The zero-order valence-corrected chi connectivity index (χ0v) is 12.5. The molecule has 1 aliphatic rings. The van der Waals surface area contributed by atoms with E-state index >= 15 is 0 Å². The number of benzene rings is 1. The molecule has 1 aromatic rings. The second kappa shape index (κ2) is 7.33. The van der Waals surface area contributed by atoms with Crippen LogP contribution in [0.4, 0.5) is 0 Å². The molecule has 5 heteroatoms. The number of nitrogens with one attached hydrogen (secondary N) is 1. The van der Waals surface area contributed by atoms with E-state index in [2.05, 4.69) is 5.32 Å². The number of amides is 2. The molecule has 1 atom stereocenters. The highest BCUT2D eigenvalue weighted by molar-refractivity contribution is 8.00. The molecule has 1 heterocycles. The van der Waals surface area contributed by atoms with Gasteiger partial charge in [0.25, 0.3) is 0 Å². The molecule has 4 nitrogen and oxygen atoms in total. The highest BCUT2D eigenvalue weighted by atomic mass is 32.2. The Morgan fingerprint density at radius 3 is 2.85 bits per heavy atom. The minimum Gasteiger partial charge on any atom is -0.344 e. The van der Waals surface area contributed by atoms with Gasteiger partial charge in [-0.3, -0.25) is 9.59 Å². The van der Waals surface area contributed by atoms with E-state index in [1.807, 2.05) is 30.3 Å². The Kier molecular flexibility index (Phi) is 5.47. The molecule has 0 aromatic heterocycles. The van der Waals surface area contributed by atoms with Gasteiger partial charge >= 0.3 is 0 Å². The summed E-state index contributed by atoms with van der Waals surface area (Å²) in [6, 6.07) is 9.44. The largest absolute Gasteiger partial charge is 0.344 e. The maximum Gasteiger partial charge on any atom is 0.244 e. The van der Waals surface area contributed by atoms with E-state index < -0.39 is 0 Å². The summed E-state index contributed by atoms with van der Waals surface area (Å²) >= 11 is 1.49. The molecule has 0 radical (unpaired) electrons. The summed E-state index contributed by atoms with van der Waals surface area (Å²) in [5, 5.41) is 2.86. The summed E-state index contributed by atoms with van der Waals surface area (Å²) in [5.41, 5.74) is 0. The van der Waals surface area contributed by atoms with E-state index in [1.54, 1.807) is 11.9 Å². The summed E-state index contributed by atoms with van der Waals surface area (Å²) in [7, 11) is 1.80. The minimum absolute atomic E-state index is 0.0283. The van der Waals surface area contributed by atoms with Crippen LogP contribution in [0, 0.1) is 0 Å². The molecule has 1 fully saturated rings. The van der Waals surface area contributed by atoms with Crippen LogP contribution < -0.4 is 5.32 Å². The fourth-order valence-electron chi connectivity index (χ4n) is 2.23. The Morgan fingerprint density at radius 2 is 2.10 bits per heavy atom. The fraction of sp³-hybridized carbons (Fsp3) is 0.467. The van der Waals surface area contributed by atoms with Gasteiger partial charge < -0.3 is 10.2 Å². The van der Waals surface area contributed by atoms with Crippen molar-refractivity contribution >= 4 is 23.6 Å². The quantitative estimate of drug-likeness (QED) is 0.862. The summed E-state index contributed by atoms with van der Waals surface area (Å²) in [6.07, 6.45) is 2.73. The van der Waals surface area contributed by atoms with Crippen LogP contribution in [0.25, 0.3) is 0 Å². The standard InChI is InChI=1S/C15H20N2O2S/c1-17-10-6-5-9-13(15(17)19)16-14(18)11-20-12-7-3-2-4-8-12/h2-4,7-8,13H,5-6,9-11H2,1H3,(H,16,18). The van der Waals surface area contributed by atoms with Crippen LogP contribution in [0.5, 0.6) is 0 Å². The van der Waals surface area contributed by atoms with Crippen molar-refractivity contribution in [1.29, 1.82) is 0 Å². The smallest absolute Gasteiger partial charge is 0.244 e. The fourth-order valence-corrected chi connectivity index (χ4v) is 2.96. The lowest BCUT2D eigenvalue weighted by molar-refractivity contribution is -0.134. The maximum atomic E-state index is 12.1. The van der Waals surface area contributed by atoms with E-state index in [1.165, 1.54) is 11.8 Å². The highest BCUT2D eigenvalue weighted by Gasteiger charge is 2.25. The van der Waals surface area contributed by atoms with Gasteiger partial charge in [0.1, 0.15) is 6.04 Å². The summed E-state index contributed by atoms with van der Waals surface area (Å²) in [6.45, 7) is 0.782. The average Bonchev–Trinajstić information content (AvgIpc) is 2.62. The highest BCUT2D eigenvalue weighted by Crippen LogP contribution is 2.17. The van der Waals surface area contributed by atoms with Gasteiger partial charge in [0.15, 0.2) is 0 Å². The van der Waals surface area contributed by atoms with Crippen molar-refractivity contribution in [1.82, 2.24) is 10.2 Å². The lowest BCUT2D eigenvalue weighted by Gasteiger charge is -2.20. The molecule has 0 aliphatic carbocycles. The van der Waals surface area contributed by atoms with E-state index in [9.17, 15) is 9.59 Å². The predicted octanol–water partition coefficient (Wildman–Crippen LogP) is 1.91. The third-order valence-electron chi connectivity index (χ3n) is 3.36. The SMILES string of the molecule is CN1CCCCC(NC(=O)CSc2ccccc2)C1=O. The van der Waals surface area contributed by atoms with Crippen LogP contribution in [0.3, 0.4) is 0 Å². The van der Waals surface area contributed by atoms with Gasteiger partial charge in [0.2, 0.25) is 11.8 Å². The second-order valence-corrected chi connectivity index (χ2v) is 6.03. The normalized spacial score (nSPS) is 19.6. The zero-order chi connectivity index (χ0) is 14.4. The molecule has 1 aliphatic heterocycles. The number of hydrogen-bond donors (Lipinski definition) is 1. The van der Waals surface area contributed by atoms with Crippen molar-refractivity contribution in [2.75, 3.05) is 19.3 Å². The third kappa shape index (κ3) is 4.27. The van der Waals surface area contributed by atoms with Crippen LogP contribution in [0.1, 0.15) is 19.3 Å². The lowest BCUT2D eigenvalue weighted by atomic mass is 10.1. The van der Waals surface area contributed by atoms with Crippen molar-refractivity contribution in [3.8, 4) is 0 Å². The van der Waals surface area contributed by atoms with Crippen molar-refractivity contribution in [2.45, 2.75) is 30.2 Å². The Balaban J connectivity index is 1.83. The third-order valence-corrected chi connectivity index (χ3v) is 4.37. The first kappa shape index (κ1) is 14.9. The molecule has 0 bridgehead atoms. The van der Waals surface area contributed by atoms with Crippen molar-refractivity contribution in [3.63, 3.8) is 0 Å². The molecule has 108 valence electrons. The van der Waals surface area contributed by atoms with Gasteiger partial charge in [-0.2, -0.15) is 0 Å². The molecular weight excluding hydrogens is 272 g/mol. The van der Waals surface area contributed by atoms with E-state index in [0.717, 1.165) is 30.7 Å². The summed E-state index contributed by atoms with van der Waals surface area (Å²) in [4.78, 5) is 26.8. The number of carbonyl (C=O) groups is 2. The molecule has 20 heavy (non-hydrogen) atoms. The van der Waals surface area contributed by atoms with Gasteiger partial charge in [0, 0.05) is 18.5 Å². The second-order valence-electron chi connectivity index (χ2n) is 4.98. The van der Waals surface area contributed by atoms with Gasteiger partial charge in [0.05, 0.1) is 5.75 Å². The lowest BCUT2D eigenvalue weighted by Crippen LogP contribution is -2.46. The first-order valence-corrected chi connectivity index (χ1v) is 7.87. The van der Waals surface area contributed by atoms with Crippen LogP contribution in [-0.4, -0.2) is 42.1 Å². The Labute approximate surface area is 123 Å². The number of hydrogen-bond acceptors (Lipinski definition) is 3. The van der Waals surface area contributed by atoms with Gasteiger partial charge in [-0.15, -0.1) is 11.8 Å². The Morgan fingerprint density at radius 1 is 1.35 bits per heavy atom. The molecule has 1 aromatic carbocycles. The topological polar surface area (TPSA) is 49.4 Å². The number of nitrogens with zero attached hydrogens (tertiary/aromatic N) is 1. The number of rotatable bonds is 4. The molecule has 1 N–H and O–H groups in total. The Bertz CT molecular complexity index is 464. The minimum atomic E-state index is -0.355. The van der Waals surface area contributed by atoms with E-state index in [-0.39, 0.29) is 17.9 Å². The van der Waals surface area contributed by atoms with Gasteiger partial charge in [-0.25, -0.2) is 0 Å². The van der Waals surface area contributed by atoms with Gasteiger partial charge in [-0.1, -0.05) is 18.2 Å². The van der Waals surface area contributed by atoms with Crippen LogP contribution >= 0.6 is 11.8 Å². The van der Waals surface area contributed by atoms with E-state index in [0.29, 0.717) is 5.75 Å². The van der Waals surface area contributed by atoms with Crippen LogP contribution in [0.15, 0.2) is 35.2 Å². The first-order valence-electron chi connectivity index (χ1n) is 6.89. The zero-order valence-electron chi connectivity index (χ0n) is 11.7. The summed E-state index contributed by atoms with van der Waals surface area (Å²) in [5.74, 6) is 0.297. The molecule has 1 saturated heterocycles. The number of likely N-dealkylation sites (N-methyl/N-ethyl adjacent to an activating group) is 1.